The van der Waals surface area contributed by atoms with Crippen molar-refractivity contribution in [2.75, 3.05) is 7.05 Å². The number of nitrogens with zero attached hydrogens (tertiary/aromatic N) is 2. The van der Waals surface area contributed by atoms with E-state index in [0.29, 0.717) is 18.7 Å². The zero-order chi connectivity index (χ0) is 21.3. The van der Waals surface area contributed by atoms with Crippen LogP contribution in [-0.2, 0) is 13.0 Å². The molecule has 1 aliphatic carbocycles. The maximum atomic E-state index is 13.0. The maximum Gasteiger partial charge on any atom is 0.254 e. The predicted molar refractivity (Wildman–Crippen MR) is 120 cm³/mol. The van der Waals surface area contributed by atoms with Gasteiger partial charge in [-0.1, -0.05) is 30.3 Å². The summed E-state index contributed by atoms with van der Waals surface area (Å²) in [5, 5.41) is 18.4. The van der Waals surface area contributed by atoms with Gasteiger partial charge in [-0.2, -0.15) is 0 Å². The molecule has 2 aromatic carbocycles. The number of carbonyl (C=O) groups excluding carboxylic acids is 1. The number of aliphatic hydroxyl groups excluding tert-OH is 1. The van der Waals surface area contributed by atoms with Crippen LogP contribution in [0.5, 0.6) is 0 Å². The Balaban J connectivity index is 1.51. The molecular weight excluding hydrogens is 374 g/mol. The monoisotopic (exact) mass is 403 g/mol. The standard InChI is InChI=1S/C25H29N3O2/c1-16-12-20-15-28(23-4-3-5-24(23)29)25(30)21(20)14-19(16)13-17-6-8-18(9-7-17)22(26)10-11-27-2/h6-9,11-12,14,23-24,26,29H,3-5,10,13,15H2,1-2H3. The number of hydrogen-bond acceptors (Lipinski definition) is 4. The second-order valence-electron chi connectivity index (χ2n) is 8.43. The molecule has 2 aliphatic rings. The summed E-state index contributed by atoms with van der Waals surface area (Å²) < 4.78 is 0. The highest BCUT2D eigenvalue weighted by molar-refractivity contribution is 6.05. The van der Waals surface area contributed by atoms with E-state index in [4.69, 9.17) is 5.41 Å². The van der Waals surface area contributed by atoms with Crippen LogP contribution >= 0.6 is 0 Å². The van der Waals surface area contributed by atoms with Crippen molar-refractivity contribution in [2.24, 2.45) is 4.99 Å². The number of benzene rings is 2. The van der Waals surface area contributed by atoms with E-state index in [1.165, 1.54) is 5.56 Å². The van der Waals surface area contributed by atoms with Crippen LogP contribution in [0.4, 0.5) is 0 Å². The first-order valence-corrected chi connectivity index (χ1v) is 10.7. The van der Waals surface area contributed by atoms with Crippen LogP contribution in [0.25, 0.3) is 0 Å². The number of aliphatic imine (C=N–C) groups is 1. The van der Waals surface area contributed by atoms with Gasteiger partial charge in [0.15, 0.2) is 0 Å². The van der Waals surface area contributed by atoms with Crippen molar-refractivity contribution in [3.8, 4) is 0 Å². The number of aryl methyl sites for hydroxylation is 1. The summed E-state index contributed by atoms with van der Waals surface area (Å²) in [6.07, 6.45) is 5.29. The Morgan fingerprint density at radius 1 is 1.27 bits per heavy atom. The summed E-state index contributed by atoms with van der Waals surface area (Å²) in [4.78, 5) is 18.8. The Morgan fingerprint density at radius 3 is 2.70 bits per heavy atom. The normalized spacial score (nSPS) is 20.9. The Labute approximate surface area is 178 Å². The van der Waals surface area contributed by atoms with Crippen LogP contribution < -0.4 is 0 Å². The first-order chi connectivity index (χ1) is 14.5. The molecule has 0 aromatic heterocycles. The Morgan fingerprint density at radius 2 is 2.03 bits per heavy atom. The summed E-state index contributed by atoms with van der Waals surface area (Å²) >= 11 is 0. The van der Waals surface area contributed by atoms with Gasteiger partial charge in [-0.15, -0.1) is 0 Å². The topological polar surface area (TPSA) is 76.8 Å². The quantitative estimate of drug-likeness (QED) is 0.718. The van der Waals surface area contributed by atoms with Gasteiger partial charge in [0, 0.05) is 37.5 Å². The third kappa shape index (κ3) is 3.94. The van der Waals surface area contributed by atoms with E-state index in [2.05, 4.69) is 30.1 Å². The van der Waals surface area contributed by atoms with Crippen LogP contribution in [0.2, 0.25) is 0 Å². The predicted octanol–water partition coefficient (Wildman–Crippen LogP) is 3.91. The van der Waals surface area contributed by atoms with Crippen LogP contribution in [0.1, 0.15) is 63.9 Å². The highest BCUT2D eigenvalue weighted by atomic mass is 16.3. The molecule has 1 saturated carbocycles. The van der Waals surface area contributed by atoms with E-state index in [1.54, 1.807) is 13.3 Å². The van der Waals surface area contributed by atoms with Crippen LogP contribution in [0.15, 0.2) is 41.4 Å². The lowest BCUT2D eigenvalue weighted by molar-refractivity contribution is 0.0479. The summed E-state index contributed by atoms with van der Waals surface area (Å²) in [7, 11) is 1.72. The van der Waals surface area contributed by atoms with Gasteiger partial charge in [0.25, 0.3) is 5.91 Å². The molecule has 5 heteroatoms. The Bertz CT molecular complexity index is 994. The van der Waals surface area contributed by atoms with E-state index in [-0.39, 0.29) is 11.9 Å². The highest BCUT2D eigenvalue weighted by Gasteiger charge is 2.38. The number of carbonyl (C=O) groups is 1. The molecule has 0 saturated heterocycles. The van der Waals surface area contributed by atoms with Gasteiger partial charge in [-0.05, 0) is 66.5 Å². The maximum absolute atomic E-state index is 13.0. The Kier molecular flexibility index (Phi) is 5.82. The average molecular weight is 404 g/mol. The van der Waals surface area contributed by atoms with Crippen LogP contribution in [0.3, 0.4) is 0 Å². The van der Waals surface area contributed by atoms with E-state index in [9.17, 15) is 9.90 Å². The van der Waals surface area contributed by atoms with Crippen molar-refractivity contribution < 1.29 is 9.90 Å². The number of amides is 1. The average Bonchev–Trinajstić information content (AvgIpc) is 3.30. The lowest BCUT2D eigenvalue weighted by Gasteiger charge is -2.26. The fraction of sp³-hybridized carbons (Fsp3) is 0.400. The van der Waals surface area contributed by atoms with Gasteiger partial charge in [0.1, 0.15) is 0 Å². The van der Waals surface area contributed by atoms with Gasteiger partial charge in [-0.25, -0.2) is 0 Å². The Hall–Kier alpha value is -2.79. The number of nitrogens with one attached hydrogen (secondary N) is 1. The molecule has 5 nitrogen and oxygen atoms in total. The minimum atomic E-state index is -0.398. The minimum absolute atomic E-state index is 0.0470. The van der Waals surface area contributed by atoms with E-state index >= 15 is 0 Å². The van der Waals surface area contributed by atoms with E-state index < -0.39 is 6.10 Å². The van der Waals surface area contributed by atoms with Gasteiger partial charge in [-0.3, -0.25) is 4.79 Å². The van der Waals surface area contributed by atoms with Crippen molar-refractivity contribution in [1.29, 1.82) is 5.41 Å². The molecule has 0 bridgehead atoms. The third-order valence-corrected chi connectivity index (χ3v) is 6.41. The molecule has 2 unspecified atom stereocenters. The molecule has 1 amide bonds. The summed E-state index contributed by atoms with van der Waals surface area (Å²) in [6.45, 7) is 2.70. The summed E-state index contributed by atoms with van der Waals surface area (Å²) in [6, 6.07) is 12.2. The van der Waals surface area contributed by atoms with Crippen molar-refractivity contribution in [1.82, 2.24) is 4.90 Å². The summed E-state index contributed by atoms with van der Waals surface area (Å²) in [5.41, 5.74) is 6.81. The van der Waals surface area contributed by atoms with Crippen LogP contribution in [0, 0.1) is 12.3 Å². The molecule has 1 heterocycles. The lowest BCUT2D eigenvalue weighted by atomic mass is 9.95. The zero-order valence-electron chi connectivity index (χ0n) is 17.7. The van der Waals surface area contributed by atoms with E-state index in [1.807, 2.05) is 23.1 Å². The van der Waals surface area contributed by atoms with Gasteiger partial charge < -0.3 is 20.4 Å². The first kappa shape index (κ1) is 20.5. The second-order valence-corrected chi connectivity index (χ2v) is 8.43. The molecule has 30 heavy (non-hydrogen) atoms. The van der Waals surface area contributed by atoms with Crippen molar-refractivity contribution in [3.05, 3.63) is 69.8 Å². The number of fused-ring (bicyclic) bond motifs is 1. The molecule has 0 spiro atoms. The minimum Gasteiger partial charge on any atom is -0.391 e. The smallest absolute Gasteiger partial charge is 0.254 e. The third-order valence-electron chi connectivity index (χ3n) is 6.41. The molecule has 2 aromatic rings. The largest absolute Gasteiger partial charge is 0.391 e. The lowest BCUT2D eigenvalue weighted by Crippen LogP contribution is -2.40. The molecular formula is C25H29N3O2. The molecule has 2 atom stereocenters. The van der Waals surface area contributed by atoms with Gasteiger partial charge >= 0.3 is 0 Å². The molecule has 156 valence electrons. The zero-order valence-corrected chi connectivity index (χ0v) is 17.7. The van der Waals surface area contributed by atoms with E-state index in [0.717, 1.165) is 53.5 Å². The molecule has 1 aliphatic heterocycles. The first-order valence-electron chi connectivity index (χ1n) is 10.7. The number of rotatable bonds is 6. The molecule has 2 N–H and O–H groups in total. The van der Waals surface area contributed by atoms with Crippen molar-refractivity contribution in [2.45, 2.75) is 57.7 Å². The second kappa shape index (κ2) is 8.52. The van der Waals surface area contributed by atoms with Crippen molar-refractivity contribution >= 4 is 17.8 Å². The SMILES string of the molecule is CN=CCC(=N)c1ccc(Cc2cc3c(cc2C)CN(C2CCCC2O)C3=O)cc1. The molecule has 1 fully saturated rings. The number of aliphatic hydroxyl groups is 1. The summed E-state index contributed by atoms with van der Waals surface area (Å²) in [5.74, 6) is 0.0542. The van der Waals surface area contributed by atoms with Gasteiger partial charge in [0.05, 0.1) is 12.1 Å². The van der Waals surface area contributed by atoms with Gasteiger partial charge in [0.2, 0.25) is 0 Å². The fourth-order valence-corrected chi connectivity index (χ4v) is 4.64. The molecule has 0 radical (unpaired) electrons. The highest BCUT2D eigenvalue weighted by Crippen LogP contribution is 2.33. The van der Waals surface area contributed by atoms with Crippen molar-refractivity contribution in [3.63, 3.8) is 0 Å². The fourth-order valence-electron chi connectivity index (χ4n) is 4.64. The molecule has 4 rings (SSSR count). The number of hydrogen-bond donors (Lipinski definition) is 2. The van der Waals surface area contributed by atoms with Crippen LogP contribution in [-0.4, -0.2) is 47.0 Å².